The molecular weight excluding hydrogens is 400 g/mol. The van der Waals surface area contributed by atoms with Gasteiger partial charge < -0.3 is 15.0 Å². The highest BCUT2D eigenvalue weighted by molar-refractivity contribution is 7.20. The Hall–Kier alpha value is -2.03. The van der Waals surface area contributed by atoms with Crippen molar-refractivity contribution in [2.24, 2.45) is 0 Å². The number of rotatable bonds is 7. The highest BCUT2D eigenvalue weighted by Crippen LogP contribution is 2.39. The molecule has 162 valence electrons. The zero-order valence-electron chi connectivity index (χ0n) is 17.6. The number of pyridine rings is 1. The van der Waals surface area contributed by atoms with Crippen molar-refractivity contribution < 1.29 is 14.3 Å². The lowest BCUT2D eigenvalue weighted by Crippen LogP contribution is -2.42. The van der Waals surface area contributed by atoms with Gasteiger partial charge in [-0.05, 0) is 43.9 Å². The van der Waals surface area contributed by atoms with Crippen molar-refractivity contribution in [3.63, 3.8) is 0 Å². The molecule has 2 aromatic heterocycles. The summed E-state index contributed by atoms with van der Waals surface area (Å²) in [7, 11) is 1.62. The van der Waals surface area contributed by atoms with E-state index in [1.807, 2.05) is 11.0 Å². The number of carbonyl (C=O) groups is 2. The van der Waals surface area contributed by atoms with E-state index in [1.165, 1.54) is 17.8 Å². The Balaban J connectivity index is 1.49. The maximum absolute atomic E-state index is 12.9. The number of ether oxygens (including phenoxy) is 1. The van der Waals surface area contributed by atoms with Crippen molar-refractivity contribution in [1.82, 2.24) is 20.1 Å². The zero-order valence-corrected chi connectivity index (χ0v) is 18.4. The minimum absolute atomic E-state index is 0.0621. The number of fused-ring (bicyclic) bond motifs is 1. The third-order valence-corrected chi connectivity index (χ3v) is 7.18. The van der Waals surface area contributed by atoms with Crippen LogP contribution in [0.25, 0.3) is 10.2 Å². The molecule has 2 amide bonds. The minimum Gasteiger partial charge on any atom is -0.383 e. The molecule has 0 radical (unpaired) electrons. The molecule has 0 unspecified atom stereocenters. The summed E-state index contributed by atoms with van der Waals surface area (Å²) < 4.78 is 5.05. The Bertz CT molecular complexity index is 894. The van der Waals surface area contributed by atoms with Crippen LogP contribution >= 0.6 is 11.3 Å². The van der Waals surface area contributed by atoms with Crippen LogP contribution in [-0.4, -0.2) is 79.6 Å². The number of thiophene rings is 1. The average Bonchev–Trinajstić information content (AvgIpc) is 3.38. The molecule has 1 N–H and O–H groups in total. The minimum atomic E-state index is -0.0621. The predicted molar refractivity (Wildman–Crippen MR) is 118 cm³/mol. The van der Waals surface area contributed by atoms with E-state index in [9.17, 15) is 9.59 Å². The van der Waals surface area contributed by atoms with Crippen molar-refractivity contribution in [2.45, 2.75) is 31.6 Å². The van der Waals surface area contributed by atoms with Crippen molar-refractivity contribution in [2.75, 3.05) is 53.0 Å². The van der Waals surface area contributed by atoms with Gasteiger partial charge in [0.2, 0.25) is 5.91 Å². The quantitative estimate of drug-likeness (QED) is 0.683. The first-order valence-electron chi connectivity index (χ1n) is 10.8. The fourth-order valence-corrected chi connectivity index (χ4v) is 5.66. The summed E-state index contributed by atoms with van der Waals surface area (Å²) in [4.78, 5) is 35.9. The number of methoxy groups -OCH3 is 1. The molecule has 0 bridgehead atoms. The third kappa shape index (κ3) is 4.66. The first-order valence-corrected chi connectivity index (χ1v) is 11.6. The standard InChI is InChI=1S/C22H30N4O3S/c1-29-13-9-23-21(28)20-19(17-6-5-8-24-22(17)30-20)16-7-12-25(14-16)15-18(27)26-10-3-2-4-11-26/h5-6,8,16H,2-4,7,9-15H2,1H3,(H,23,28)/t16-/m1/s1. The monoisotopic (exact) mass is 430 g/mol. The average molecular weight is 431 g/mol. The second kappa shape index (κ2) is 9.85. The molecule has 1 atom stereocenters. The molecule has 30 heavy (non-hydrogen) atoms. The van der Waals surface area contributed by atoms with Crippen LogP contribution in [0.5, 0.6) is 0 Å². The fraction of sp³-hybridized carbons (Fsp3) is 0.591. The Morgan fingerprint density at radius 2 is 2.10 bits per heavy atom. The van der Waals surface area contributed by atoms with Crippen LogP contribution in [0.2, 0.25) is 0 Å². The van der Waals surface area contributed by atoms with E-state index in [-0.39, 0.29) is 17.7 Å². The van der Waals surface area contributed by atoms with E-state index >= 15 is 0 Å². The molecule has 2 saturated heterocycles. The lowest BCUT2D eigenvalue weighted by atomic mass is 9.95. The molecule has 4 rings (SSSR count). The number of carbonyl (C=O) groups excluding carboxylic acids is 2. The van der Waals surface area contributed by atoms with Crippen LogP contribution in [0.4, 0.5) is 0 Å². The van der Waals surface area contributed by atoms with Gasteiger partial charge in [0.15, 0.2) is 0 Å². The van der Waals surface area contributed by atoms with Gasteiger partial charge in [-0.25, -0.2) is 4.98 Å². The van der Waals surface area contributed by atoms with Crippen LogP contribution in [0.1, 0.15) is 46.8 Å². The summed E-state index contributed by atoms with van der Waals surface area (Å²) in [6, 6.07) is 3.99. The van der Waals surface area contributed by atoms with Crippen LogP contribution in [0.3, 0.4) is 0 Å². The molecule has 4 heterocycles. The molecule has 0 aliphatic carbocycles. The highest BCUT2D eigenvalue weighted by atomic mass is 32.1. The molecule has 8 heteroatoms. The fourth-order valence-electron chi connectivity index (χ4n) is 4.52. The van der Waals surface area contributed by atoms with Gasteiger partial charge >= 0.3 is 0 Å². The Morgan fingerprint density at radius 1 is 1.27 bits per heavy atom. The number of hydrogen-bond donors (Lipinski definition) is 1. The summed E-state index contributed by atoms with van der Waals surface area (Å²) in [5.74, 6) is 0.415. The number of hydrogen-bond acceptors (Lipinski definition) is 6. The van der Waals surface area contributed by atoms with Gasteiger partial charge in [-0.15, -0.1) is 11.3 Å². The van der Waals surface area contributed by atoms with Crippen LogP contribution in [-0.2, 0) is 9.53 Å². The zero-order chi connectivity index (χ0) is 20.9. The van der Waals surface area contributed by atoms with Gasteiger partial charge in [0.25, 0.3) is 5.91 Å². The summed E-state index contributed by atoms with van der Waals surface area (Å²) >= 11 is 1.46. The van der Waals surface area contributed by atoms with Crippen molar-refractivity contribution in [1.29, 1.82) is 0 Å². The molecule has 2 aromatic rings. The van der Waals surface area contributed by atoms with Gasteiger partial charge in [0.1, 0.15) is 4.83 Å². The molecule has 2 aliphatic rings. The molecule has 0 saturated carbocycles. The third-order valence-electron chi connectivity index (χ3n) is 6.05. The van der Waals surface area contributed by atoms with Crippen molar-refractivity contribution >= 4 is 33.4 Å². The Kier molecular flexibility index (Phi) is 6.97. The van der Waals surface area contributed by atoms with Crippen molar-refractivity contribution in [3.8, 4) is 0 Å². The lowest BCUT2D eigenvalue weighted by molar-refractivity contribution is -0.133. The van der Waals surface area contributed by atoms with E-state index in [1.54, 1.807) is 13.3 Å². The summed E-state index contributed by atoms with van der Waals surface area (Å²) in [6.45, 7) is 4.92. The number of aromatic nitrogens is 1. The largest absolute Gasteiger partial charge is 0.383 e. The first-order chi connectivity index (χ1) is 14.7. The Morgan fingerprint density at radius 3 is 2.90 bits per heavy atom. The molecule has 2 fully saturated rings. The summed E-state index contributed by atoms with van der Waals surface area (Å²) in [5, 5.41) is 4.02. The normalized spacial score (nSPS) is 20.0. The second-order valence-electron chi connectivity index (χ2n) is 8.11. The van der Waals surface area contributed by atoms with E-state index in [4.69, 9.17) is 4.74 Å². The number of nitrogens with one attached hydrogen (secondary N) is 1. The Labute approximate surface area is 181 Å². The molecule has 2 aliphatic heterocycles. The topological polar surface area (TPSA) is 74.8 Å². The van der Waals surface area contributed by atoms with E-state index in [0.29, 0.717) is 19.7 Å². The van der Waals surface area contributed by atoms with Gasteiger partial charge in [-0.3, -0.25) is 14.5 Å². The molecular formula is C22H30N4O3S. The molecule has 0 aromatic carbocycles. The van der Waals surface area contributed by atoms with Gasteiger partial charge in [-0.2, -0.15) is 0 Å². The summed E-state index contributed by atoms with van der Waals surface area (Å²) in [5.41, 5.74) is 1.09. The van der Waals surface area contributed by atoms with E-state index in [0.717, 1.165) is 66.1 Å². The van der Waals surface area contributed by atoms with Crippen LogP contribution in [0.15, 0.2) is 18.3 Å². The maximum Gasteiger partial charge on any atom is 0.261 e. The highest BCUT2D eigenvalue weighted by Gasteiger charge is 2.32. The SMILES string of the molecule is COCCNC(=O)c1sc2ncccc2c1[C@@H]1CCN(CC(=O)N2CCCCC2)C1. The van der Waals surface area contributed by atoms with Crippen LogP contribution in [0, 0.1) is 0 Å². The van der Waals surface area contributed by atoms with Crippen molar-refractivity contribution in [3.05, 3.63) is 28.8 Å². The van der Waals surface area contributed by atoms with E-state index < -0.39 is 0 Å². The van der Waals surface area contributed by atoms with Gasteiger partial charge in [-0.1, -0.05) is 6.07 Å². The number of piperidine rings is 1. The molecule has 0 spiro atoms. The molecule has 7 nitrogen and oxygen atoms in total. The predicted octanol–water partition coefficient (Wildman–Crippen LogP) is 2.47. The second-order valence-corrected chi connectivity index (χ2v) is 9.11. The number of nitrogens with zero attached hydrogens (tertiary/aromatic N) is 3. The van der Waals surface area contributed by atoms with Gasteiger partial charge in [0, 0.05) is 50.8 Å². The number of amides is 2. The van der Waals surface area contributed by atoms with Crippen LogP contribution < -0.4 is 5.32 Å². The maximum atomic E-state index is 12.9. The smallest absolute Gasteiger partial charge is 0.261 e. The number of likely N-dealkylation sites (tertiary alicyclic amines) is 2. The first kappa shape index (κ1) is 21.2. The lowest BCUT2D eigenvalue weighted by Gasteiger charge is -2.28. The summed E-state index contributed by atoms with van der Waals surface area (Å²) in [6.07, 6.45) is 6.18. The van der Waals surface area contributed by atoms with Gasteiger partial charge in [0.05, 0.1) is 18.0 Å². The van der Waals surface area contributed by atoms with E-state index in [2.05, 4.69) is 21.3 Å².